The fourth-order valence-corrected chi connectivity index (χ4v) is 4.33. The van der Waals surface area contributed by atoms with Crippen molar-refractivity contribution in [2.45, 2.75) is 55.9 Å². The highest BCUT2D eigenvalue weighted by atomic mass is 32.2. The molecule has 3 rings (SSSR count). The van der Waals surface area contributed by atoms with Crippen molar-refractivity contribution in [2.24, 2.45) is 0 Å². The Balaban J connectivity index is 1.55. The number of nitrogens with zero attached hydrogens (tertiary/aromatic N) is 2. The molecule has 0 fully saturated rings. The van der Waals surface area contributed by atoms with Gasteiger partial charge in [0.25, 0.3) is 0 Å². The highest BCUT2D eigenvalue weighted by Crippen LogP contribution is 2.32. The van der Waals surface area contributed by atoms with Gasteiger partial charge in [-0.1, -0.05) is 64.2 Å². The van der Waals surface area contributed by atoms with Gasteiger partial charge in [0.05, 0.1) is 22.4 Å². The van der Waals surface area contributed by atoms with E-state index in [1.807, 2.05) is 24.3 Å². The monoisotopic (exact) mass is 430 g/mol. The fraction of sp³-hybridized carbons (Fsp3) is 0.381. The molecule has 0 saturated heterocycles. The maximum absolute atomic E-state index is 12.4. The van der Waals surface area contributed by atoms with Crippen LogP contribution in [0.5, 0.6) is 0 Å². The quantitative estimate of drug-likeness (QED) is 0.437. The SMILES string of the molecule is CC(C)c1ccccc1NC(=O)Nc1ncc(SCc2ncc(C(C)(C)C)o2)s1. The average Bonchev–Trinajstić information content (AvgIpc) is 3.29. The number of hydrogen-bond acceptors (Lipinski definition) is 6. The van der Waals surface area contributed by atoms with E-state index in [0.717, 1.165) is 21.2 Å². The number of aromatic nitrogens is 2. The van der Waals surface area contributed by atoms with E-state index >= 15 is 0 Å². The Labute approximate surface area is 179 Å². The van der Waals surface area contributed by atoms with Gasteiger partial charge < -0.3 is 9.73 Å². The highest BCUT2D eigenvalue weighted by molar-refractivity contribution is 8.00. The topological polar surface area (TPSA) is 80.0 Å². The van der Waals surface area contributed by atoms with Crippen LogP contribution < -0.4 is 10.6 Å². The van der Waals surface area contributed by atoms with Crippen LogP contribution in [-0.4, -0.2) is 16.0 Å². The standard InChI is InChI=1S/C21H26N4O2S2/c1-13(2)14-8-6-7-9-15(14)24-19(26)25-20-23-11-18(29-20)28-12-17-22-10-16(27-17)21(3,4)5/h6-11,13H,12H2,1-5H3,(H2,23,24,25,26). The lowest BCUT2D eigenvalue weighted by molar-refractivity contribution is 0.262. The Morgan fingerprint density at radius 2 is 1.93 bits per heavy atom. The van der Waals surface area contributed by atoms with Gasteiger partial charge >= 0.3 is 6.03 Å². The fourth-order valence-electron chi connectivity index (χ4n) is 2.61. The minimum Gasteiger partial charge on any atom is -0.444 e. The molecule has 2 N–H and O–H groups in total. The second-order valence-corrected chi connectivity index (χ2v) is 10.3. The number of amides is 2. The first-order chi connectivity index (χ1) is 13.7. The summed E-state index contributed by atoms with van der Waals surface area (Å²) in [6.45, 7) is 10.5. The number of thioether (sulfide) groups is 1. The summed E-state index contributed by atoms with van der Waals surface area (Å²) in [5, 5.41) is 6.26. The summed E-state index contributed by atoms with van der Waals surface area (Å²) in [6.07, 6.45) is 3.54. The van der Waals surface area contributed by atoms with Crippen molar-refractivity contribution in [3.8, 4) is 0 Å². The van der Waals surface area contributed by atoms with Gasteiger partial charge in [-0.3, -0.25) is 5.32 Å². The van der Waals surface area contributed by atoms with Gasteiger partial charge in [0.2, 0.25) is 5.89 Å². The van der Waals surface area contributed by atoms with Crippen molar-refractivity contribution >= 4 is 39.9 Å². The van der Waals surface area contributed by atoms with Gasteiger partial charge in [-0.25, -0.2) is 14.8 Å². The number of hydrogen-bond donors (Lipinski definition) is 2. The molecule has 3 aromatic rings. The van der Waals surface area contributed by atoms with Crippen molar-refractivity contribution in [1.82, 2.24) is 9.97 Å². The van der Waals surface area contributed by atoms with E-state index in [2.05, 4.69) is 55.2 Å². The minimum atomic E-state index is -0.300. The molecular weight excluding hydrogens is 404 g/mol. The highest BCUT2D eigenvalue weighted by Gasteiger charge is 2.19. The molecule has 1 aromatic carbocycles. The van der Waals surface area contributed by atoms with Crippen molar-refractivity contribution in [2.75, 3.05) is 10.6 Å². The number of rotatable bonds is 6. The zero-order chi connectivity index (χ0) is 21.0. The van der Waals surface area contributed by atoms with Gasteiger partial charge in [0.1, 0.15) is 5.76 Å². The molecule has 0 atom stereocenters. The van der Waals surface area contributed by atoms with Crippen LogP contribution in [0.2, 0.25) is 0 Å². The third-order valence-electron chi connectivity index (χ3n) is 4.17. The molecule has 0 bridgehead atoms. The first kappa shape index (κ1) is 21.4. The minimum absolute atomic E-state index is 0.0565. The maximum atomic E-state index is 12.4. The van der Waals surface area contributed by atoms with Gasteiger partial charge in [-0.15, -0.1) is 11.8 Å². The Morgan fingerprint density at radius 1 is 1.17 bits per heavy atom. The second kappa shape index (κ2) is 9.00. The number of benzene rings is 1. The number of urea groups is 1. The summed E-state index contributed by atoms with van der Waals surface area (Å²) in [5.41, 5.74) is 1.85. The molecule has 0 radical (unpaired) electrons. The summed E-state index contributed by atoms with van der Waals surface area (Å²) >= 11 is 3.01. The number of oxazole rings is 1. The van der Waals surface area contributed by atoms with E-state index in [9.17, 15) is 4.79 Å². The molecule has 0 spiro atoms. The number of thiazole rings is 1. The number of carbonyl (C=O) groups is 1. The summed E-state index contributed by atoms with van der Waals surface area (Å²) in [7, 11) is 0. The van der Waals surface area contributed by atoms with Crippen molar-refractivity contribution in [3.05, 3.63) is 53.9 Å². The molecule has 0 unspecified atom stereocenters. The zero-order valence-electron chi connectivity index (χ0n) is 17.3. The first-order valence-electron chi connectivity index (χ1n) is 9.43. The normalized spacial score (nSPS) is 11.7. The lowest BCUT2D eigenvalue weighted by Gasteiger charge is -2.13. The van der Waals surface area contributed by atoms with Crippen LogP contribution in [0, 0.1) is 0 Å². The maximum Gasteiger partial charge on any atom is 0.325 e. The Morgan fingerprint density at radius 3 is 2.62 bits per heavy atom. The number of anilines is 2. The molecule has 8 heteroatoms. The lowest BCUT2D eigenvalue weighted by atomic mass is 9.94. The number of para-hydroxylation sites is 1. The summed E-state index contributed by atoms with van der Waals surface area (Å²) in [5.74, 6) is 2.50. The van der Waals surface area contributed by atoms with Crippen molar-refractivity contribution in [1.29, 1.82) is 0 Å². The van der Waals surface area contributed by atoms with Crippen molar-refractivity contribution in [3.63, 3.8) is 0 Å². The van der Waals surface area contributed by atoms with E-state index in [4.69, 9.17) is 4.42 Å². The van der Waals surface area contributed by atoms with E-state index < -0.39 is 0 Å². The van der Waals surface area contributed by atoms with Crippen LogP contribution in [0.3, 0.4) is 0 Å². The Bertz CT molecular complexity index is 973. The third-order valence-corrected chi connectivity index (χ3v) is 6.26. The summed E-state index contributed by atoms with van der Waals surface area (Å²) in [6, 6.07) is 7.51. The smallest absolute Gasteiger partial charge is 0.325 e. The lowest BCUT2D eigenvalue weighted by Crippen LogP contribution is -2.20. The predicted octanol–water partition coefficient (Wildman–Crippen LogP) is 6.49. The summed E-state index contributed by atoms with van der Waals surface area (Å²) < 4.78 is 6.80. The molecule has 0 aliphatic rings. The molecule has 0 aliphatic carbocycles. The van der Waals surface area contributed by atoms with Gasteiger partial charge in [-0.05, 0) is 17.5 Å². The van der Waals surface area contributed by atoms with E-state index in [0.29, 0.717) is 22.7 Å². The molecule has 2 amide bonds. The molecule has 0 saturated carbocycles. The summed E-state index contributed by atoms with van der Waals surface area (Å²) in [4.78, 5) is 21.0. The van der Waals surface area contributed by atoms with Crippen molar-refractivity contribution < 1.29 is 9.21 Å². The Hall–Kier alpha value is -2.32. The largest absolute Gasteiger partial charge is 0.444 e. The molecule has 2 heterocycles. The number of nitrogens with one attached hydrogen (secondary N) is 2. The van der Waals surface area contributed by atoms with Gasteiger partial charge in [0, 0.05) is 11.1 Å². The molecule has 2 aromatic heterocycles. The predicted molar refractivity (Wildman–Crippen MR) is 120 cm³/mol. The van der Waals surface area contributed by atoms with E-state index in [-0.39, 0.29) is 11.4 Å². The Kier molecular flexibility index (Phi) is 6.64. The van der Waals surface area contributed by atoms with Crippen LogP contribution in [0.25, 0.3) is 0 Å². The second-order valence-electron chi connectivity index (χ2n) is 7.96. The molecule has 0 aliphatic heterocycles. The zero-order valence-corrected chi connectivity index (χ0v) is 18.9. The van der Waals surface area contributed by atoms with Crippen LogP contribution >= 0.6 is 23.1 Å². The van der Waals surface area contributed by atoms with Crippen LogP contribution in [0.1, 0.15) is 57.8 Å². The first-order valence-corrected chi connectivity index (χ1v) is 11.2. The molecule has 154 valence electrons. The van der Waals surface area contributed by atoms with Gasteiger partial charge in [0.15, 0.2) is 5.13 Å². The number of carbonyl (C=O) groups excluding carboxylic acids is 1. The third kappa shape index (κ3) is 5.83. The van der Waals surface area contributed by atoms with E-state index in [1.165, 1.54) is 11.3 Å². The van der Waals surface area contributed by atoms with Crippen LogP contribution in [0.4, 0.5) is 15.6 Å². The molecular formula is C21H26N4O2S2. The van der Waals surface area contributed by atoms with Crippen LogP contribution in [0.15, 0.2) is 45.3 Å². The van der Waals surface area contributed by atoms with Gasteiger partial charge in [-0.2, -0.15) is 0 Å². The molecule has 29 heavy (non-hydrogen) atoms. The van der Waals surface area contributed by atoms with E-state index in [1.54, 1.807) is 24.2 Å². The van der Waals surface area contributed by atoms with Crippen LogP contribution in [-0.2, 0) is 11.2 Å². The average molecular weight is 431 g/mol. The molecule has 6 nitrogen and oxygen atoms in total.